The van der Waals surface area contributed by atoms with Crippen LogP contribution in [-0.2, 0) is 0 Å². The monoisotopic (exact) mass is 307 g/mol. The molecule has 0 aliphatic carbocycles. The summed E-state index contributed by atoms with van der Waals surface area (Å²) in [5, 5.41) is 1.23. The first-order chi connectivity index (χ1) is 9.56. The molecule has 3 aromatic rings. The van der Waals surface area contributed by atoms with Crippen molar-refractivity contribution in [3.8, 4) is 11.4 Å². The lowest BCUT2D eigenvalue weighted by Gasteiger charge is -2.07. The highest BCUT2D eigenvalue weighted by atomic mass is 35.5. The summed E-state index contributed by atoms with van der Waals surface area (Å²) in [6.45, 7) is 0. The fraction of sp³-hybridized carbons (Fsp3) is 0. The van der Waals surface area contributed by atoms with E-state index in [0.717, 1.165) is 0 Å². The Bertz CT molecular complexity index is 821. The maximum atomic E-state index is 13.2. The summed E-state index contributed by atoms with van der Waals surface area (Å²) in [6, 6.07) is 9.33. The Morgan fingerprint density at radius 3 is 2.65 bits per heavy atom. The topological polar surface area (TPSA) is 51.8 Å². The number of benzene rings is 2. The molecule has 100 valence electrons. The molecule has 3 rings (SSSR count). The smallest absolute Gasteiger partial charge is 0.163 e. The largest absolute Gasteiger partial charge is 0.383 e. The highest BCUT2D eigenvalue weighted by molar-refractivity contribution is 6.43. The fourth-order valence-corrected chi connectivity index (χ4v) is 2.31. The Hall–Kier alpha value is -1.91. The second-order valence-corrected chi connectivity index (χ2v) is 4.98. The van der Waals surface area contributed by atoms with Gasteiger partial charge in [0.05, 0.1) is 15.6 Å². The van der Waals surface area contributed by atoms with E-state index < -0.39 is 0 Å². The molecule has 0 aliphatic heterocycles. The van der Waals surface area contributed by atoms with Crippen molar-refractivity contribution in [1.82, 2.24) is 9.97 Å². The number of halogens is 3. The Kier molecular flexibility index (Phi) is 3.20. The summed E-state index contributed by atoms with van der Waals surface area (Å²) in [7, 11) is 0. The number of nitrogens with zero attached hydrogens (tertiary/aromatic N) is 2. The molecule has 0 unspecified atom stereocenters. The van der Waals surface area contributed by atoms with E-state index in [9.17, 15) is 4.39 Å². The van der Waals surface area contributed by atoms with Gasteiger partial charge < -0.3 is 5.73 Å². The van der Waals surface area contributed by atoms with Gasteiger partial charge in [-0.3, -0.25) is 0 Å². The summed E-state index contributed by atoms with van der Waals surface area (Å²) in [4.78, 5) is 8.52. The molecule has 6 heteroatoms. The number of nitrogens with two attached hydrogens (primary N) is 1. The van der Waals surface area contributed by atoms with Crippen LogP contribution < -0.4 is 5.73 Å². The van der Waals surface area contributed by atoms with E-state index in [1.807, 2.05) is 0 Å². The van der Waals surface area contributed by atoms with E-state index in [1.165, 1.54) is 12.1 Å². The van der Waals surface area contributed by atoms with Gasteiger partial charge in [-0.05, 0) is 30.3 Å². The van der Waals surface area contributed by atoms with Crippen LogP contribution in [0.2, 0.25) is 10.0 Å². The summed E-state index contributed by atoms with van der Waals surface area (Å²) in [5.74, 6) is 0.163. The minimum Gasteiger partial charge on any atom is -0.383 e. The van der Waals surface area contributed by atoms with Gasteiger partial charge in [0.2, 0.25) is 0 Å². The van der Waals surface area contributed by atoms with Crippen molar-refractivity contribution in [3.63, 3.8) is 0 Å². The molecule has 1 aromatic heterocycles. The van der Waals surface area contributed by atoms with Crippen molar-refractivity contribution in [2.45, 2.75) is 0 Å². The first-order valence-corrected chi connectivity index (χ1v) is 6.49. The van der Waals surface area contributed by atoms with Crippen molar-refractivity contribution in [2.24, 2.45) is 0 Å². The second-order valence-electron chi connectivity index (χ2n) is 4.20. The highest BCUT2D eigenvalue weighted by Gasteiger charge is 2.12. The molecular formula is C14H8Cl2FN3. The number of fused-ring (bicyclic) bond motifs is 1. The van der Waals surface area contributed by atoms with E-state index in [4.69, 9.17) is 28.9 Å². The summed E-state index contributed by atoms with van der Waals surface area (Å²) < 4.78 is 13.2. The zero-order valence-corrected chi connectivity index (χ0v) is 11.6. The van der Waals surface area contributed by atoms with Crippen molar-refractivity contribution < 1.29 is 4.39 Å². The van der Waals surface area contributed by atoms with Gasteiger partial charge >= 0.3 is 0 Å². The van der Waals surface area contributed by atoms with Crippen molar-refractivity contribution in [2.75, 3.05) is 5.73 Å². The lowest BCUT2D eigenvalue weighted by atomic mass is 10.2. The lowest BCUT2D eigenvalue weighted by molar-refractivity contribution is 0.629. The Morgan fingerprint density at radius 2 is 1.85 bits per heavy atom. The van der Waals surface area contributed by atoms with Gasteiger partial charge in [0, 0.05) is 10.9 Å². The number of nitrogen functional groups attached to an aromatic ring is 1. The molecule has 1 heterocycles. The van der Waals surface area contributed by atoms with Crippen LogP contribution in [0.25, 0.3) is 22.3 Å². The van der Waals surface area contributed by atoms with Gasteiger partial charge in [-0.25, -0.2) is 14.4 Å². The third kappa shape index (κ3) is 2.17. The Labute approximate surface area is 124 Å². The average Bonchev–Trinajstić information content (AvgIpc) is 2.42. The van der Waals surface area contributed by atoms with Crippen LogP contribution in [0.15, 0.2) is 36.4 Å². The predicted molar refractivity (Wildman–Crippen MR) is 79.4 cm³/mol. The molecular weight excluding hydrogens is 300 g/mol. The van der Waals surface area contributed by atoms with Crippen LogP contribution in [0.1, 0.15) is 0 Å². The standard InChI is InChI=1S/C14H8Cl2FN3/c15-10-3-1-2-8(12(10)16)14-19-11-5-4-7(17)6-9(11)13(18)20-14/h1-6H,(H2,18,19,20). The third-order valence-corrected chi connectivity index (χ3v) is 3.70. The molecule has 2 aromatic carbocycles. The molecule has 2 N–H and O–H groups in total. The lowest BCUT2D eigenvalue weighted by Crippen LogP contribution is -1.98. The van der Waals surface area contributed by atoms with E-state index in [-0.39, 0.29) is 11.6 Å². The van der Waals surface area contributed by atoms with Crippen LogP contribution in [0, 0.1) is 5.82 Å². The van der Waals surface area contributed by atoms with Gasteiger partial charge in [0.25, 0.3) is 0 Å². The van der Waals surface area contributed by atoms with Crippen molar-refractivity contribution in [1.29, 1.82) is 0 Å². The van der Waals surface area contributed by atoms with Gasteiger partial charge in [-0.1, -0.05) is 29.3 Å². The van der Waals surface area contributed by atoms with Gasteiger partial charge in [-0.2, -0.15) is 0 Å². The molecule has 20 heavy (non-hydrogen) atoms. The second kappa shape index (κ2) is 4.89. The minimum atomic E-state index is -0.388. The average molecular weight is 308 g/mol. The predicted octanol–water partition coefficient (Wildman–Crippen LogP) is 4.32. The van der Waals surface area contributed by atoms with Crippen LogP contribution in [-0.4, -0.2) is 9.97 Å². The van der Waals surface area contributed by atoms with Crippen LogP contribution in [0.4, 0.5) is 10.2 Å². The molecule has 0 radical (unpaired) electrons. The number of hydrogen-bond acceptors (Lipinski definition) is 3. The normalized spacial score (nSPS) is 10.9. The molecule has 3 nitrogen and oxygen atoms in total. The van der Waals surface area contributed by atoms with E-state index in [1.54, 1.807) is 24.3 Å². The maximum absolute atomic E-state index is 13.2. The first kappa shape index (κ1) is 13.1. The number of rotatable bonds is 1. The summed E-state index contributed by atoms with van der Waals surface area (Å²) in [6.07, 6.45) is 0. The Balaban J connectivity index is 2.28. The van der Waals surface area contributed by atoms with Crippen LogP contribution >= 0.6 is 23.2 Å². The molecule has 0 atom stereocenters. The molecule has 0 aliphatic rings. The van der Waals surface area contributed by atoms with Gasteiger partial charge in [-0.15, -0.1) is 0 Å². The minimum absolute atomic E-state index is 0.195. The molecule has 0 spiro atoms. The van der Waals surface area contributed by atoms with Gasteiger partial charge in [0.1, 0.15) is 11.6 Å². The fourth-order valence-electron chi connectivity index (χ4n) is 1.92. The quantitative estimate of drug-likeness (QED) is 0.728. The number of hydrogen-bond donors (Lipinski definition) is 1. The van der Waals surface area contributed by atoms with Crippen molar-refractivity contribution >= 4 is 39.9 Å². The zero-order chi connectivity index (χ0) is 14.3. The highest BCUT2D eigenvalue weighted by Crippen LogP contribution is 2.33. The van der Waals surface area contributed by atoms with E-state index >= 15 is 0 Å². The van der Waals surface area contributed by atoms with Crippen LogP contribution in [0.3, 0.4) is 0 Å². The van der Waals surface area contributed by atoms with Gasteiger partial charge in [0.15, 0.2) is 5.82 Å². The van der Waals surface area contributed by atoms with E-state index in [2.05, 4.69) is 9.97 Å². The first-order valence-electron chi connectivity index (χ1n) is 5.73. The SMILES string of the molecule is Nc1nc(-c2cccc(Cl)c2Cl)nc2ccc(F)cc12. The van der Waals surface area contributed by atoms with Crippen molar-refractivity contribution in [3.05, 3.63) is 52.3 Å². The zero-order valence-electron chi connectivity index (χ0n) is 10.1. The summed E-state index contributed by atoms with van der Waals surface area (Å²) in [5.41, 5.74) is 6.98. The molecule has 0 amide bonds. The number of anilines is 1. The third-order valence-electron chi connectivity index (χ3n) is 2.88. The maximum Gasteiger partial charge on any atom is 0.163 e. The summed E-state index contributed by atoms with van der Waals surface area (Å²) >= 11 is 12.1. The molecule has 0 saturated carbocycles. The molecule has 0 saturated heterocycles. The molecule has 0 bridgehead atoms. The number of aromatic nitrogens is 2. The van der Waals surface area contributed by atoms with Crippen LogP contribution in [0.5, 0.6) is 0 Å². The Morgan fingerprint density at radius 1 is 1.05 bits per heavy atom. The van der Waals surface area contributed by atoms with E-state index in [0.29, 0.717) is 32.3 Å². The molecule has 0 fully saturated rings.